The molecule has 1 saturated heterocycles. The molecule has 98 valence electrons. The third-order valence-electron chi connectivity index (χ3n) is 3.91. The summed E-state index contributed by atoms with van der Waals surface area (Å²) < 4.78 is 0. The SMILES string of the molecule is O=c1cc(N2CCC(CO)CC2)nc(C2CC2)[nH]1. The quantitative estimate of drug-likeness (QED) is 0.833. The van der Waals surface area contributed by atoms with Gasteiger partial charge in [-0.05, 0) is 31.6 Å². The molecule has 0 amide bonds. The number of H-pyrrole nitrogens is 1. The van der Waals surface area contributed by atoms with E-state index in [4.69, 9.17) is 5.11 Å². The molecule has 5 heteroatoms. The number of aromatic amines is 1. The van der Waals surface area contributed by atoms with Crippen molar-refractivity contribution in [3.8, 4) is 0 Å². The van der Waals surface area contributed by atoms with E-state index >= 15 is 0 Å². The van der Waals surface area contributed by atoms with E-state index in [1.807, 2.05) is 0 Å². The summed E-state index contributed by atoms with van der Waals surface area (Å²) in [6.45, 7) is 2.03. The van der Waals surface area contributed by atoms with Crippen LogP contribution in [0, 0.1) is 5.92 Å². The Hall–Kier alpha value is -1.36. The number of hydrogen-bond donors (Lipinski definition) is 2. The standard InChI is InChI=1S/C13H19N3O2/c17-8-9-3-5-16(6-4-9)11-7-12(18)15-13(14-11)10-1-2-10/h7,9-10,17H,1-6,8H2,(H,14,15,18). The molecular formula is C13H19N3O2. The molecule has 1 aliphatic carbocycles. The summed E-state index contributed by atoms with van der Waals surface area (Å²) >= 11 is 0. The smallest absolute Gasteiger partial charge is 0.252 e. The second-order valence-corrected chi connectivity index (χ2v) is 5.38. The molecule has 0 bridgehead atoms. The Morgan fingerprint density at radius 2 is 2.06 bits per heavy atom. The highest BCUT2D eigenvalue weighted by Gasteiger charge is 2.27. The van der Waals surface area contributed by atoms with Crippen LogP contribution >= 0.6 is 0 Å². The van der Waals surface area contributed by atoms with Gasteiger partial charge in [0.15, 0.2) is 0 Å². The molecule has 0 aromatic carbocycles. The highest BCUT2D eigenvalue weighted by molar-refractivity contribution is 5.38. The van der Waals surface area contributed by atoms with Crippen LogP contribution < -0.4 is 10.5 Å². The number of nitrogens with zero attached hydrogens (tertiary/aromatic N) is 2. The van der Waals surface area contributed by atoms with Gasteiger partial charge in [-0.25, -0.2) is 4.98 Å². The summed E-state index contributed by atoms with van der Waals surface area (Å²) in [6.07, 6.45) is 4.23. The molecule has 1 saturated carbocycles. The lowest BCUT2D eigenvalue weighted by Crippen LogP contribution is -2.36. The third kappa shape index (κ3) is 2.41. The van der Waals surface area contributed by atoms with Gasteiger partial charge in [-0.2, -0.15) is 0 Å². The fourth-order valence-corrected chi connectivity index (χ4v) is 2.52. The lowest BCUT2D eigenvalue weighted by molar-refractivity contribution is 0.202. The lowest BCUT2D eigenvalue weighted by Gasteiger charge is -2.31. The van der Waals surface area contributed by atoms with Crippen LogP contribution in [-0.4, -0.2) is 34.8 Å². The second-order valence-electron chi connectivity index (χ2n) is 5.38. The molecule has 0 atom stereocenters. The number of rotatable bonds is 3. The second kappa shape index (κ2) is 4.72. The summed E-state index contributed by atoms with van der Waals surface area (Å²) in [5.41, 5.74) is -0.0498. The summed E-state index contributed by atoms with van der Waals surface area (Å²) in [7, 11) is 0. The van der Waals surface area contributed by atoms with Crippen LogP contribution in [0.3, 0.4) is 0 Å². The molecule has 1 aromatic heterocycles. The molecule has 2 aliphatic rings. The van der Waals surface area contributed by atoms with E-state index in [1.165, 1.54) is 0 Å². The van der Waals surface area contributed by atoms with Crippen LogP contribution in [0.25, 0.3) is 0 Å². The van der Waals surface area contributed by atoms with E-state index in [2.05, 4.69) is 14.9 Å². The van der Waals surface area contributed by atoms with Crippen molar-refractivity contribution in [3.05, 3.63) is 22.2 Å². The Labute approximate surface area is 106 Å². The zero-order valence-electron chi connectivity index (χ0n) is 10.4. The van der Waals surface area contributed by atoms with Gasteiger partial charge in [-0.3, -0.25) is 4.79 Å². The van der Waals surface area contributed by atoms with Crippen LogP contribution in [0.2, 0.25) is 0 Å². The maximum atomic E-state index is 11.6. The maximum absolute atomic E-state index is 11.6. The van der Waals surface area contributed by atoms with Crippen LogP contribution in [0.15, 0.2) is 10.9 Å². The number of aromatic nitrogens is 2. The van der Waals surface area contributed by atoms with Gasteiger partial charge in [0.1, 0.15) is 11.6 Å². The van der Waals surface area contributed by atoms with Gasteiger partial charge in [0.05, 0.1) is 0 Å². The maximum Gasteiger partial charge on any atom is 0.252 e. The van der Waals surface area contributed by atoms with Crippen molar-refractivity contribution in [2.45, 2.75) is 31.6 Å². The van der Waals surface area contributed by atoms with Crippen LogP contribution in [-0.2, 0) is 0 Å². The predicted molar refractivity (Wildman–Crippen MR) is 68.9 cm³/mol. The van der Waals surface area contributed by atoms with Crippen molar-refractivity contribution in [3.63, 3.8) is 0 Å². The van der Waals surface area contributed by atoms with Crippen molar-refractivity contribution in [1.82, 2.24) is 9.97 Å². The highest BCUT2D eigenvalue weighted by Crippen LogP contribution is 2.38. The fourth-order valence-electron chi connectivity index (χ4n) is 2.52. The molecule has 2 fully saturated rings. The molecular weight excluding hydrogens is 230 g/mol. The zero-order chi connectivity index (χ0) is 12.5. The number of aliphatic hydroxyl groups is 1. The number of aliphatic hydroxyl groups excluding tert-OH is 1. The first-order chi connectivity index (χ1) is 8.76. The minimum Gasteiger partial charge on any atom is -0.396 e. The molecule has 0 radical (unpaired) electrons. The van der Waals surface area contributed by atoms with Gasteiger partial charge in [0.25, 0.3) is 5.56 Å². The number of hydrogen-bond acceptors (Lipinski definition) is 4. The van der Waals surface area contributed by atoms with Gasteiger partial charge in [-0.15, -0.1) is 0 Å². The summed E-state index contributed by atoms with van der Waals surface area (Å²) in [4.78, 5) is 21.2. The third-order valence-corrected chi connectivity index (χ3v) is 3.91. The number of anilines is 1. The molecule has 0 unspecified atom stereocenters. The first kappa shape index (κ1) is 11.7. The number of piperidine rings is 1. The van der Waals surface area contributed by atoms with E-state index in [0.717, 1.165) is 50.4 Å². The van der Waals surface area contributed by atoms with Crippen LogP contribution in [0.5, 0.6) is 0 Å². The predicted octanol–water partition coefficient (Wildman–Crippen LogP) is 0.856. The fraction of sp³-hybridized carbons (Fsp3) is 0.692. The normalized spacial score (nSPS) is 21.3. The van der Waals surface area contributed by atoms with Crippen molar-refractivity contribution >= 4 is 5.82 Å². The van der Waals surface area contributed by atoms with Gasteiger partial charge in [0, 0.05) is 31.7 Å². The van der Waals surface area contributed by atoms with Crippen LogP contribution in [0.1, 0.15) is 37.4 Å². The van der Waals surface area contributed by atoms with Crippen molar-refractivity contribution in [2.24, 2.45) is 5.92 Å². The number of nitrogens with one attached hydrogen (secondary N) is 1. The van der Waals surface area contributed by atoms with Gasteiger partial charge in [0.2, 0.25) is 0 Å². The summed E-state index contributed by atoms with van der Waals surface area (Å²) in [5.74, 6) is 2.53. The molecule has 1 aromatic rings. The molecule has 3 rings (SSSR count). The Morgan fingerprint density at radius 1 is 1.33 bits per heavy atom. The zero-order valence-corrected chi connectivity index (χ0v) is 10.4. The Bertz CT molecular complexity index is 473. The minimum atomic E-state index is -0.0498. The summed E-state index contributed by atoms with van der Waals surface area (Å²) in [6, 6.07) is 1.59. The average molecular weight is 249 g/mol. The van der Waals surface area contributed by atoms with E-state index < -0.39 is 0 Å². The first-order valence-corrected chi connectivity index (χ1v) is 6.73. The monoisotopic (exact) mass is 249 g/mol. The Kier molecular flexibility index (Phi) is 3.07. The Balaban J connectivity index is 1.77. The van der Waals surface area contributed by atoms with Gasteiger partial charge in [-0.1, -0.05) is 0 Å². The van der Waals surface area contributed by atoms with Gasteiger partial charge < -0.3 is 15.0 Å². The van der Waals surface area contributed by atoms with Gasteiger partial charge >= 0.3 is 0 Å². The highest BCUT2D eigenvalue weighted by atomic mass is 16.3. The van der Waals surface area contributed by atoms with E-state index in [9.17, 15) is 4.79 Å². The first-order valence-electron chi connectivity index (χ1n) is 6.73. The van der Waals surface area contributed by atoms with Crippen LogP contribution in [0.4, 0.5) is 5.82 Å². The Morgan fingerprint density at radius 3 is 2.67 bits per heavy atom. The molecule has 5 nitrogen and oxygen atoms in total. The topological polar surface area (TPSA) is 69.2 Å². The van der Waals surface area contributed by atoms with Crippen molar-refractivity contribution in [2.75, 3.05) is 24.6 Å². The van der Waals surface area contributed by atoms with Crippen molar-refractivity contribution in [1.29, 1.82) is 0 Å². The molecule has 2 heterocycles. The van der Waals surface area contributed by atoms with E-state index in [-0.39, 0.29) is 12.2 Å². The van der Waals surface area contributed by atoms with E-state index in [1.54, 1.807) is 6.07 Å². The van der Waals surface area contributed by atoms with E-state index in [0.29, 0.717) is 11.8 Å². The minimum absolute atomic E-state index is 0.0498. The molecule has 1 aliphatic heterocycles. The van der Waals surface area contributed by atoms with Crippen molar-refractivity contribution < 1.29 is 5.11 Å². The summed E-state index contributed by atoms with van der Waals surface area (Å²) in [5, 5.41) is 9.13. The average Bonchev–Trinajstić information content (AvgIpc) is 3.22. The molecule has 18 heavy (non-hydrogen) atoms. The lowest BCUT2D eigenvalue weighted by atomic mass is 9.98. The largest absolute Gasteiger partial charge is 0.396 e. The molecule has 2 N–H and O–H groups in total. The molecule has 0 spiro atoms.